The number of hydrogen-bond donors (Lipinski definition) is 0. The first-order chi connectivity index (χ1) is 9.22. The molecule has 0 radical (unpaired) electrons. The Balaban J connectivity index is 3.34. The summed E-state index contributed by atoms with van der Waals surface area (Å²) in [5.41, 5.74) is -1.31. The van der Waals surface area contributed by atoms with Gasteiger partial charge in [-0.25, -0.2) is 4.79 Å². The second-order valence-electron chi connectivity index (χ2n) is 3.58. The van der Waals surface area contributed by atoms with Gasteiger partial charge in [-0.05, 0) is 35.0 Å². The van der Waals surface area contributed by atoms with E-state index in [1.165, 1.54) is 6.92 Å². The van der Waals surface area contributed by atoms with Crippen LogP contribution in [0.25, 0.3) is 0 Å². The van der Waals surface area contributed by atoms with Gasteiger partial charge in [-0.1, -0.05) is 0 Å². The molecule has 1 rings (SSSR count). The summed E-state index contributed by atoms with van der Waals surface area (Å²) in [6, 6.07) is 1.35. The molecule has 110 valence electrons. The molecule has 20 heavy (non-hydrogen) atoms. The number of halogens is 4. The number of carbonyl (C=O) groups is 2. The quantitative estimate of drug-likeness (QED) is 0.473. The standard InChI is InChI=1S/C12H10BrF3O4/c1-3-20-11(18)10(17)9-7(13)4-6(12(14,15)16)5-8(9)19-2/h4-5H,3H2,1-2H3. The van der Waals surface area contributed by atoms with Crippen LogP contribution in [-0.4, -0.2) is 25.5 Å². The molecule has 0 saturated heterocycles. The van der Waals surface area contributed by atoms with E-state index in [-0.39, 0.29) is 22.4 Å². The normalized spacial score (nSPS) is 11.1. The fourth-order valence-corrected chi connectivity index (χ4v) is 2.05. The molecule has 0 aliphatic rings. The van der Waals surface area contributed by atoms with Gasteiger partial charge in [0.2, 0.25) is 0 Å². The Morgan fingerprint density at radius 2 is 1.90 bits per heavy atom. The van der Waals surface area contributed by atoms with Crippen molar-refractivity contribution in [3.8, 4) is 5.75 Å². The molecule has 0 aliphatic heterocycles. The Bertz CT molecular complexity index is 540. The minimum absolute atomic E-state index is 0.0227. The summed E-state index contributed by atoms with van der Waals surface area (Å²) in [6.45, 7) is 1.48. The molecular formula is C12H10BrF3O4. The first-order valence-corrected chi connectivity index (χ1v) is 6.17. The van der Waals surface area contributed by atoms with Crippen LogP contribution < -0.4 is 4.74 Å². The lowest BCUT2D eigenvalue weighted by atomic mass is 10.1. The molecular weight excluding hydrogens is 345 g/mol. The van der Waals surface area contributed by atoms with Crippen LogP contribution in [0.1, 0.15) is 22.8 Å². The van der Waals surface area contributed by atoms with E-state index in [9.17, 15) is 22.8 Å². The molecule has 1 aromatic rings. The summed E-state index contributed by atoms with van der Waals surface area (Å²) in [7, 11) is 1.10. The minimum atomic E-state index is -4.60. The number of methoxy groups -OCH3 is 1. The molecule has 0 spiro atoms. The van der Waals surface area contributed by atoms with Crippen molar-refractivity contribution in [1.82, 2.24) is 0 Å². The van der Waals surface area contributed by atoms with Crippen molar-refractivity contribution in [2.45, 2.75) is 13.1 Å². The first-order valence-electron chi connectivity index (χ1n) is 5.38. The summed E-state index contributed by atoms with van der Waals surface area (Å²) in [5.74, 6) is -2.60. The van der Waals surface area contributed by atoms with E-state index < -0.39 is 23.5 Å². The zero-order chi connectivity index (χ0) is 15.5. The van der Waals surface area contributed by atoms with E-state index in [2.05, 4.69) is 20.7 Å². The minimum Gasteiger partial charge on any atom is -0.496 e. The Labute approximate surface area is 121 Å². The van der Waals surface area contributed by atoms with Gasteiger partial charge >= 0.3 is 12.1 Å². The van der Waals surface area contributed by atoms with Crippen LogP contribution in [0, 0.1) is 0 Å². The Hall–Kier alpha value is -1.57. The lowest BCUT2D eigenvalue weighted by Crippen LogP contribution is -2.19. The fraction of sp³-hybridized carbons (Fsp3) is 0.333. The fourth-order valence-electron chi connectivity index (χ4n) is 1.43. The van der Waals surface area contributed by atoms with E-state index in [4.69, 9.17) is 4.74 Å². The van der Waals surface area contributed by atoms with Gasteiger partial charge in [-0.15, -0.1) is 0 Å². The monoisotopic (exact) mass is 354 g/mol. The van der Waals surface area contributed by atoms with E-state index in [1.54, 1.807) is 0 Å². The molecule has 0 fully saturated rings. The maximum atomic E-state index is 12.6. The van der Waals surface area contributed by atoms with Crippen LogP contribution in [0.15, 0.2) is 16.6 Å². The van der Waals surface area contributed by atoms with Gasteiger partial charge in [-0.2, -0.15) is 13.2 Å². The molecule has 1 aromatic carbocycles. The topological polar surface area (TPSA) is 52.6 Å². The number of ether oxygens (including phenoxy) is 2. The molecule has 0 aromatic heterocycles. The number of esters is 1. The molecule has 4 nitrogen and oxygen atoms in total. The Morgan fingerprint density at radius 3 is 2.35 bits per heavy atom. The van der Waals surface area contributed by atoms with Gasteiger partial charge in [0.15, 0.2) is 0 Å². The maximum Gasteiger partial charge on any atom is 0.416 e. The van der Waals surface area contributed by atoms with Gasteiger partial charge in [0.25, 0.3) is 5.78 Å². The third-order valence-corrected chi connectivity index (χ3v) is 2.91. The largest absolute Gasteiger partial charge is 0.496 e. The number of rotatable bonds is 4. The van der Waals surface area contributed by atoms with Gasteiger partial charge in [0.05, 0.1) is 24.8 Å². The first kappa shape index (κ1) is 16.5. The second-order valence-corrected chi connectivity index (χ2v) is 4.44. The highest BCUT2D eigenvalue weighted by atomic mass is 79.9. The summed E-state index contributed by atoms with van der Waals surface area (Å²) >= 11 is 2.84. The molecule has 0 amide bonds. The molecule has 0 heterocycles. The average molecular weight is 355 g/mol. The van der Waals surface area contributed by atoms with Crippen molar-refractivity contribution < 1.29 is 32.2 Å². The van der Waals surface area contributed by atoms with Crippen molar-refractivity contribution in [2.24, 2.45) is 0 Å². The lowest BCUT2D eigenvalue weighted by Gasteiger charge is -2.13. The summed E-state index contributed by atoms with van der Waals surface area (Å²) in [5, 5.41) is 0. The van der Waals surface area contributed by atoms with Crippen LogP contribution in [0.5, 0.6) is 5.75 Å². The Kier molecular flexibility index (Phi) is 5.15. The van der Waals surface area contributed by atoms with Crippen molar-refractivity contribution in [3.05, 3.63) is 27.7 Å². The number of ketones is 1. The van der Waals surface area contributed by atoms with Crippen LogP contribution in [0.2, 0.25) is 0 Å². The SMILES string of the molecule is CCOC(=O)C(=O)c1c(Br)cc(C(F)(F)F)cc1OC. The number of Topliss-reactive ketones (excluding diaryl/α,β-unsaturated/α-hetero) is 1. The van der Waals surface area contributed by atoms with E-state index in [0.717, 1.165) is 7.11 Å². The third-order valence-electron chi connectivity index (χ3n) is 2.29. The number of hydrogen-bond acceptors (Lipinski definition) is 4. The summed E-state index contributed by atoms with van der Waals surface area (Å²) < 4.78 is 47.0. The summed E-state index contributed by atoms with van der Waals surface area (Å²) in [4.78, 5) is 23.2. The number of benzene rings is 1. The third kappa shape index (κ3) is 3.50. The molecule has 8 heteroatoms. The molecule has 0 atom stereocenters. The lowest BCUT2D eigenvalue weighted by molar-refractivity contribution is -0.138. The van der Waals surface area contributed by atoms with Crippen molar-refractivity contribution in [2.75, 3.05) is 13.7 Å². The number of alkyl halides is 3. The zero-order valence-electron chi connectivity index (χ0n) is 10.5. The van der Waals surface area contributed by atoms with Crippen molar-refractivity contribution in [1.29, 1.82) is 0 Å². The average Bonchev–Trinajstić information content (AvgIpc) is 2.36. The predicted octanol–water partition coefficient (Wildman–Crippen LogP) is 3.22. The molecule has 0 aliphatic carbocycles. The molecule has 0 unspecified atom stereocenters. The van der Waals surface area contributed by atoms with E-state index in [0.29, 0.717) is 12.1 Å². The highest BCUT2D eigenvalue weighted by Crippen LogP contribution is 2.37. The van der Waals surface area contributed by atoms with Crippen molar-refractivity contribution in [3.63, 3.8) is 0 Å². The van der Waals surface area contributed by atoms with Crippen LogP contribution in [-0.2, 0) is 15.7 Å². The zero-order valence-corrected chi connectivity index (χ0v) is 12.1. The van der Waals surface area contributed by atoms with Crippen molar-refractivity contribution >= 4 is 27.7 Å². The van der Waals surface area contributed by atoms with Gasteiger partial charge in [0, 0.05) is 4.47 Å². The van der Waals surface area contributed by atoms with Gasteiger partial charge < -0.3 is 9.47 Å². The van der Waals surface area contributed by atoms with Gasteiger partial charge in [-0.3, -0.25) is 4.79 Å². The Morgan fingerprint density at radius 1 is 1.30 bits per heavy atom. The smallest absolute Gasteiger partial charge is 0.416 e. The number of carbonyl (C=O) groups excluding carboxylic acids is 2. The molecule has 0 N–H and O–H groups in total. The van der Waals surface area contributed by atoms with Gasteiger partial charge in [0.1, 0.15) is 5.75 Å². The summed E-state index contributed by atoms with van der Waals surface area (Å²) in [6.07, 6.45) is -4.60. The van der Waals surface area contributed by atoms with E-state index >= 15 is 0 Å². The van der Waals surface area contributed by atoms with Crippen LogP contribution in [0.3, 0.4) is 0 Å². The van der Waals surface area contributed by atoms with E-state index in [1.807, 2.05) is 0 Å². The van der Waals surface area contributed by atoms with Crippen LogP contribution >= 0.6 is 15.9 Å². The van der Waals surface area contributed by atoms with Crippen LogP contribution in [0.4, 0.5) is 13.2 Å². The highest BCUT2D eigenvalue weighted by molar-refractivity contribution is 9.10. The highest BCUT2D eigenvalue weighted by Gasteiger charge is 2.34. The molecule has 0 saturated carbocycles. The second kappa shape index (κ2) is 6.25. The maximum absolute atomic E-state index is 12.6. The molecule has 0 bridgehead atoms. The predicted molar refractivity (Wildman–Crippen MR) is 66.7 cm³/mol.